The molecule has 0 aliphatic carbocycles. The van der Waals surface area contributed by atoms with E-state index >= 15 is 0 Å². The van der Waals surface area contributed by atoms with Crippen LogP contribution in [-0.2, 0) is 9.89 Å². The average molecular weight is 401 g/mol. The fraction of sp³-hybridized carbons (Fsp3) is 0.435. The number of para-hydroxylation sites is 1. The monoisotopic (exact) mass is 401 g/mol. The highest BCUT2D eigenvalue weighted by atomic mass is 31.1. The Morgan fingerprint density at radius 1 is 1.07 bits per heavy atom. The molecule has 2 aromatic carbocycles. The lowest BCUT2D eigenvalue weighted by atomic mass is 9.91. The average Bonchev–Trinajstić information content (AvgIpc) is 2.72. The zero-order valence-corrected chi connectivity index (χ0v) is 18.8. The van der Waals surface area contributed by atoms with Crippen molar-refractivity contribution >= 4 is 20.1 Å². The predicted molar refractivity (Wildman–Crippen MR) is 120 cm³/mol. The van der Waals surface area contributed by atoms with Crippen molar-refractivity contribution in [1.29, 1.82) is 0 Å². The lowest BCUT2D eigenvalue weighted by Gasteiger charge is -2.35. The SMILES string of the molecule is CCC(CC)(Pc1c(C)cccc1C=NC)c1cccc(OC)c1OCOC. The van der Waals surface area contributed by atoms with Gasteiger partial charge in [0.1, 0.15) is 0 Å². The van der Waals surface area contributed by atoms with Crippen molar-refractivity contribution < 1.29 is 14.2 Å². The van der Waals surface area contributed by atoms with E-state index < -0.39 is 0 Å². The fourth-order valence-corrected chi connectivity index (χ4v) is 5.28. The largest absolute Gasteiger partial charge is 0.493 e. The molecule has 0 saturated carbocycles. The molecule has 0 aromatic heterocycles. The van der Waals surface area contributed by atoms with Crippen LogP contribution in [0.2, 0.25) is 0 Å². The maximum absolute atomic E-state index is 5.99. The minimum Gasteiger partial charge on any atom is -0.493 e. The maximum atomic E-state index is 5.99. The Bertz CT molecular complexity index is 800. The fourth-order valence-electron chi connectivity index (χ4n) is 3.54. The number of rotatable bonds is 10. The Kier molecular flexibility index (Phi) is 8.47. The lowest BCUT2D eigenvalue weighted by Crippen LogP contribution is -2.25. The highest BCUT2D eigenvalue weighted by molar-refractivity contribution is 7.49. The third kappa shape index (κ3) is 4.74. The minimum absolute atomic E-state index is 0.0555. The number of ether oxygens (including phenoxy) is 3. The van der Waals surface area contributed by atoms with Crippen molar-refractivity contribution in [2.24, 2.45) is 4.99 Å². The van der Waals surface area contributed by atoms with Crippen LogP contribution >= 0.6 is 8.58 Å². The second-order valence-electron chi connectivity index (χ2n) is 6.73. The Hall–Kier alpha value is -1.90. The Balaban J connectivity index is 2.63. The van der Waals surface area contributed by atoms with Gasteiger partial charge in [0.25, 0.3) is 0 Å². The third-order valence-corrected chi connectivity index (χ3v) is 7.57. The molecule has 0 N–H and O–H groups in total. The summed E-state index contributed by atoms with van der Waals surface area (Å²) in [7, 11) is 5.71. The number of hydrogen-bond donors (Lipinski definition) is 0. The van der Waals surface area contributed by atoms with Gasteiger partial charge in [0.05, 0.1) is 7.11 Å². The van der Waals surface area contributed by atoms with E-state index in [2.05, 4.69) is 50.0 Å². The van der Waals surface area contributed by atoms with E-state index in [0.717, 1.165) is 24.3 Å². The molecule has 28 heavy (non-hydrogen) atoms. The van der Waals surface area contributed by atoms with Crippen molar-refractivity contribution in [1.82, 2.24) is 0 Å². The van der Waals surface area contributed by atoms with Gasteiger partial charge in [-0.05, 0) is 42.3 Å². The van der Waals surface area contributed by atoms with E-state index in [1.165, 1.54) is 22.0 Å². The second-order valence-corrected chi connectivity index (χ2v) is 8.44. The van der Waals surface area contributed by atoms with Gasteiger partial charge < -0.3 is 14.2 Å². The molecular formula is C23H32NO3P. The van der Waals surface area contributed by atoms with Crippen molar-refractivity contribution in [2.75, 3.05) is 28.1 Å². The van der Waals surface area contributed by atoms with Crippen molar-refractivity contribution in [3.63, 3.8) is 0 Å². The molecule has 0 bridgehead atoms. The van der Waals surface area contributed by atoms with Gasteiger partial charge in [-0.1, -0.05) is 52.8 Å². The number of methoxy groups -OCH3 is 2. The van der Waals surface area contributed by atoms with Crippen LogP contribution in [0.4, 0.5) is 0 Å². The van der Waals surface area contributed by atoms with Gasteiger partial charge in [-0.2, -0.15) is 0 Å². The predicted octanol–water partition coefficient (Wildman–Crippen LogP) is 5.05. The van der Waals surface area contributed by atoms with E-state index in [4.69, 9.17) is 14.2 Å². The van der Waals surface area contributed by atoms with Gasteiger partial charge in [-0.3, -0.25) is 4.99 Å². The summed E-state index contributed by atoms with van der Waals surface area (Å²) >= 11 is 0. The summed E-state index contributed by atoms with van der Waals surface area (Å²) in [5, 5.41) is 1.30. The van der Waals surface area contributed by atoms with Crippen molar-refractivity contribution in [3.05, 3.63) is 53.1 Å². The van der Waals surface area contributed by atoms with Gasteiger partial charge in [0.15, 0.2) is 18.3 Å². The van der Waals surface area contributed by atoms with Crippen LogP contribution in [-0.4, -0.2) is 34.3 Å². The molecule has 2 aromatic rings. The van der Waals surface area contributed by atoms with Crippen LogP contribution in [0.3, 0.4) is 0 Å². The standard InChI is InChI=1S/C23H32NO3P/c1-7-23(8-2,28-22-17(3)11-9-12-18(22)15-24-4)19-13-10-14-20(26-6)21(19)27-16-25-5/h9-15,28H,7-8,16H2,1-6H3. The van der Waals surface area contributed by atoms with E-state index in [-0.39, 0.29) is 11.9 Å². The summed E-state index contributed by atoms with van der Waals surface area (Å²) in [6.07, 6.45) is 3.95. The number of nitrogens with zero attached hydrogens (tertiary/aromatic N) is 1. The molecule has 0 spiro atoms. The Labute approximate surface area is 171 Å². The molecule has 0 amide bonds. The summed E-state index contributed by atoms with van der Waals surface area (Å²) in [6, 6.07) is 12.6. The molecule has 2 rings (SSSR count). The third-order valence-electron chi connectivity index (χ3n) is 5.18. The molecule has 4 nitrogen and oxygen atoms in total. The first-order valence-corrected chi connectivity index (χ1v) is 10.7. The summed E-state index contributed by atoms with van der Waals surface area (Å²) in [4.78, 5) is 4.27. The van der Waals surface area contributed by atoms with Crippen LogP contribution in [0.5, 0.6) is 11.5 Å². The molecule has 5 heteroatoms. The molecule has 0 fully saturated rings. The lowest BCUT2D eigenvalue weighted by molar-refractivity contribution is 0.0479. The van der Waals surface area contributed by atoms with Crippen LogP contribution in [0, 0.1) is 6.92 Å². The van der Waals surface area contributed by atoms with Gasteiger partial charge in [0, 0.05) is 31.1 Å². The van der Waals surface area contributed by atoms with E-state index in [1.54, 1.807) is 14.2 Å². The van der Waals surface area contributed by atoms with Gasteiger partial charge in [-0.25, -0.2) is 0 Å². The first-order chi connectivity index (χ1) is 13.6. The van der Waals surface area contributed by atoms with Gasteiger partial charge >= 0.3 is 0 Å². The zero-order chi connectivity index (χ0) is 20.6. The molecule has 152 valence electrons. The molecule has 0 aliphatic heterocycles. The molecule has 0 saturated heterocycles. The smallest absolute Gasteiger partial charge is 0.188 e. The van der Waals surface area contributed by atoms with E-state index in [0.29, 0.717) is 8.58 Å². The molecule has 1 atom stereocenters. The Morgan fingerprint density at radius 3 is 2.39 bits per heavy atom. The van der Waals surface area contributed by atoms with E-state index in [9.17, 15) is 0 Å². The molecule has 0 radical (unpaired) electrons. The van der Waals surface area contributed by atoms with E-state index in [1.807, 2.05) is 25.4 Å². The quantitative estimate of drug-likeness (QED) is 0.318. The summed E-state index contributed by atoms with van der Waals surface area (Å²) in [5.41, 5.74) is 3.66. The summed E-state index contributed by atoms with van der Waals surface area (Å²) in [5.74, 6) is 1.52. The van der Waals surface area contributed by atoms with Crippen molar-refractivity contribution in [3.8, 4) is 11.5 Å². The molecule has 1 unspecified atom stereocenters. The highest BCUT2D eigenvalue weighted by Gasteiger charge is 2.34. The first kappa shape index (κ1) is 22.4. The number of aliphatic imine (C=N–C) groups is 1. The van der Waals surface area contributed by atoms with Crippen LogP contribution in [0.25, 0.3) is 0 Å². The first-order valence-electron chi connectivity index (χ1n) is 9.66. The summed E-state index contributed by atoms with van der Waals surface area (Å²) in [6.45, 7) is 6.88. The van der Waals surface area contributed by atoms with Gasteiger partial charge in [-0.15, -0.1) is 0 Å². The van der Waals surface area contributed by atoms with Crippen LogP contribution < -0.4 is 14.8 Å². The molecule has 0 aliphatic rings. The van der Waals surface area contributed by atoms with Crippen molar-refractivity contribution in [2.45, 2.75) is 38.8 Å². The van der Waals surface area contributed by atoms with Crippen LogP contribution in [0.1, 0.15) is 43.4 Å². The zero-order valence-electron chi connectivity index (χ0n) is 17.8. The number of aryl methyl sites for hydroxylation is 1. The molecular weight excluding hydrogens is 369 g/mol. The second kappa shape index (κ2) is 10.6. The minimum atomic E-state index is -0.0555. The Morgan fingerprint density at radius 2 is 1.79 bits per heavy atom. The molecule has 0 heterocycles. The normalized spacial score (nSPS) is 12.2. The maximum Gasteiger partial charge on any atom is 0.188 e. The van der Waals surface area contributed by atoms with Gasteiger partial charge in [0.2, 0.25) is 0 Å². The topological polar surface area (TPSA) is 40.0 Å². The number of hydrogen-bond acceptors (Lipinski definition) is 4. The van der Waals surface area contributed by atoms with Crippen LogP contribution in [0.15, 0.2) is 41.4 Å². The summed E-state index contributed by atoms with van der Waals surface area (Å²) < 4.78 is 16.8. The highest BCUT2D eigenvalue weighted by Crippen LogP contribution is 2.52. The number of benzene rings is 2.